The summed E-state index contributed by atoms with van der Waals surface area (Å²) in [5.74, 6) is 1.77. The maximum Gasteiger partial charge on any atom is 0.124 e. The Morgan fingerprint density at radius 2 is 2.00 bits per heavy atom. The Labute approximate surface area is 123 Å². The fourth-order valence-electron chi connectivity index (χ4n) is 1.96. The number of hydrogen-bond donors (Lipinski definition) is 0. The van der Waals surface area contributed by atoms with Gasteiger partial charge in [-0.15, -0.1) is 11.6 Å². The summed E-state index contributed by atoms with van der Waals surface area (Å²) in [5.41, 5.74) is 1.88. The van der Waals surface area contributed by atoms with Gasteiger partial charge in [0, 0.05) is 12.7 Å². The number of alkyl halides is 1. The van der Waals surface area contributed by atoms with Crippen molar-refractivity contribution in [2.24, 2.45) is 11.3 Å². The molecule has 2 heterocycles. The Morgan fingerprint density at radius 1 is 1.32 bits per heavy atom. The molecule has 0 spiro atoms. The van der Waals surface area contributed by atoms with E-state index in [-0.39, 0.29) is 5.41 Å². The van der Waals surface area contributed by atoms with Crippen molar-refractivity contribution in [1.29, 1.82) is 0 Å². The smallest absolute Gasteiger partial charge is 0.124 e. The zero-order valence-electron chi connectivity index (χ0n) is 11.7. The molecule has 3 nitrogen and oxygen atoms in total. The maximum atomic E-state index is 6.27. The van der Waals surface area contributed by atoms with Gasteiger partial charge in [0.1, 0.15) is 11.3 Å². The summed E-state index contributed by atoms with van der Waals surface area (Å²) in [5, 5.41) is 0.626. The van der Waals surface area contributed by atoms with Gasteiger partial charge in [-0.25, -0.2) is 4.98 Å². The second-order valence-corrected chi connectivity index (χ2v) is 6.55. The van der Waals surface area contributed by atoms with E-state index in [1.54, 1.807) is 12.4 Å². The van der Waals surface area contributed by atoms with E-state index in [1.807, 2.05) is 0 Å². The molecule has 5 heteroatoms. The van der Waals surface area contributed by atoms with Crippen molar-refractivity contribution in [1.82, 2.24) is 14.5 Å². The molecule has 0 amide bonds. The Balaban J connectivity index is 2.58. The fourth-order valence-corrected chi connectivity index (χ4v) is 2.42. The first-order chi connectivity index (χ1) is 8.86. The van der Waals surface area contributed by atoms with Gasteiger partial charge in [-0.3, -0.25) is 4.98 Å². The van der Waals surface area contributed by atoms with Crippen LogP contribution in [0.5, 0.6) is 0 Å². The second kappa shape index (κ2) is 5.29. The van der Waals surface area contributed by atoms with E-state index in [1.165, 1.54) is 0 Å². The highest BCUT2D eigenvalue weighted by Gasteiger charge is 2.26. The minimum Gasteiger partial charge on any atom is -0.325 e. The number of aromatic nitrogens is 3. The number of fused-ring (bicyclic) bond motifs is 1. The molecule has 0 fully saturated rings. The van der Waals surface area contributed by atoms with E-state index in [9.17, 15) is 0 Å². The summed E-state index contributed by atoms with van der Waals surface area (Å²) >= 11 is 12.3. The number of pyridine rings is 1. The molecule has 0 N–H and O–H groups in total. The van der Waals surface area contributed by atoms with Gasteiger partial charge in [-0.2, -0.15) is 0 Å². The van der Waals surface area contributed by atoms with E-state index in [4.69, 9.17) is 23.2 Å². The topological polar surface area (TPSA) is 30.7 Å². The quantitative estimate of drug-likeness (QED) is 0.778. The minimum absolute atomic E-state index is 0.140. The molecule has 0 saturated heterocycles. The highest BCUT2D eigenvalue weighted by molar-refractivity contribution is 6.34. The van der Waals surface area contributed by atoms with E-state index in [0.29, 0.717) is 16.8 Å². The summed E-state index contributed by atoms with van der Waals surface area (Å²) in [7, 11) is 0. The highest BCUT2D eigenvalue weighted by Crippen LogP contribution is 2.32. The number of halogens is 2. The molecular formula is C14H19Cl2N3. The summed E-state index contributed by atoms with van der Waals surface area (Å²) in [4.78, 5) is 8.60. The molecule has 0 bridgehead atoms. The molecule has 0 radical (unpaired) electrons. The zero-order valence-corrected chi connectivity index (χ0v) is 13.3. The van der Waals surface area contributed by atoms with Crippen LogP contribution in [-0.2, 0) is 12.4 Å². The van der Waals surface area contributed by atoms with E-state index >= 15 is 0 Å². The second-order valence-electron chi connectivity index (χ2n) is 5.88. The predicted octanol–water partition coefficient (Wildman–Crippen LogP) is 4.51. The predicted molar refractivity (Wildman–Crippen MR) is 80.7 cm³/mol. The molecule has 0 atom stereocenters. The van der Waals surface area contributed by atoms with E-state index in [0.717, 1.165) is 23.4 Å². The summed E-state index contributed by atoms with van der Waals surface area (Å²) in [6.45, 7) is 9.78. The molecule has 0 unspecified atom stereocenters. The van der Waals surface area contributed by atoms with Crippen molar-refractivity contribution in [3.8, 4) is 0 Å². The third-order valence-corrected chi connectivity index (χ3v) is 4.45. The van der Waals surface area contributed by atoms with Crippen molar-refractivity contribution < 1.29 is 0 Å². The SMILES string of the molecule is CC(C)C(C)(C)Cn1c(CCl)nc2cncc(Cl)c21. The van der Waals surface area contributed by atoms with Gasteiger partial charge in [-0.05, 0) is 11.3 Å². The van der Waals surface area contributed by atoms with Gasteiger partial charge in [0.2, 0.25) is 0 Å². The third kappa shape index (κ3) is 2.72. The van der Waals surface area contributed by atoms with Crippen LogP contribution in [0.15, 0.2) is 12.4 Å². The molecule has 2 aromatic rings. The number of hydrogen-bond acceptors (Lipinski definition) is 2. The standard InChI is InChI=1S/C14H19Cl2N3/c1-9(2)14(3,4)8-19-12(5-15)18-11-7-17-6-10(16)13(11)19/h6-7,9H,5,8H2,1-4H3. The largest absolute Gasteiger partial charge is 0.325 e. The third-order valence-electron chi connectivity index (χ3n) is 3.93. The van der Waals surface area contributed by atoms with Crippen molar-refractivity contribution >= 4 is 34.2 Å². The number of rotatable bonds is 4. The van der Waals surface area contributed by atoms with Crippen LogP contribution >= 0.6 is 23.2 Å². The normalized spacial score (nSPS) is 12.6. The van der Waals surface area contributed by atoms with E-state index in [2.05, 4.69) is 42.2 Å². The van der Waals surface area contributed by atoms with Gasteiger partial charge in [-0.1, -0.05) is 39.3 Å². The number of imidazole rings is 1. The van der Waals surface area contributed by atoms with Crippen LogP contribution in [0.2, 0.25) is 5.02 Å². The van der Waals surface area contributed by atoms with Gasteiger partial charge in [0.05, 0.1) is 22.6 Å². The molecule has 0 saturated carbocycles. The lowest BCUT2D eigenvalue weighted by Crippen LogP contribution is -2.26. The van der Waals surface area contributed by atoms with Gasteiger partial charge >= 0.3 is 0 Å². The lowest BCUT2D eigenvalue weighted by Gasteiger charge is -2.30. The summed E-state index contributed by atoms with van der Waals surface area (Å²) in [6.07, 6.45) is 3.39. The zero-order chi connectivity index (χ0) is 14.2. The molecule has 104 valence electrons. The molecule has 0 aliphatic carbocycles. The molecule has 0 aromatic carbocycles. The molecule has 19 heavy (non-hydrogen) atoms. The van der Waals surface area contributed by atoms with Gasteiger partial charge in [0.25, 0.3) is 0 Å². The van der Waals surface area contributed by atoms with Gasteiger partial charge in [0.15, 0.2) is 0 Å². The first kappa shape index (κ1) is 14.6. The minimum atomic E-state index is 0.140. The first-order valence-corrected chi connectivity index (χ1v) is 7.32. The Morgan fingerprint density at radius 3 is 2.58 bits per heavy atom. The molecule has 0 aliphatic heterocycles. The van der Waals surface area contributed by atoms with Crippen LogP contribution in [0, 0.1) is 11.3 Å². The lowest BCUT2D eigenvalue weighted by molar-refractivity contribution is 0.211. The van der Waals surface area contributed by atoms with E-state index < -0.39 is 0 Å². The van der Waals surface area contributed by atoms with Crippen LogP contribution < -0.4 is 0 Å². The van der Waals surface area contributed by atoms with Crippen molar-refractivity contribution in [3.05, 3.63) is 23.2 Å². The number of nitrogens with zero attached hydrogens (tertiary/aromatic N) is 3. The van der Waals surface area contributed by atoms with Gasteiger partial charge < -0.3 is 4.57 Å². The van der Waals surface area contributed by atoms with Crippen LogP contribution in [0.25, 0.3) is 11.0 Å². The lowest BCUT2D eigenvalue weighted by atomic mass is 9.81. The van der Waals surface area contributed by atoms with Crippen molar-refractivity contribution in [3.63, 3.8) is 0 Å². The Bertz CT molecular complexity index is 588. The molecular weight excluding hydrogens is 281 g/mol. The van der Waals surface area contributed by atoms with Crippen LogP contribution in [0.3, 0.4) is 0 Å². The van der Waals surface area contributed by atoms with Crippen LogP contribution in [-0.4, -0.2) is 14.5 Å². The molecule has 0 aliphatic rings. The average molecular weight is 300 g/mol. The summed E-state index contributed by atoms with van der Waals surface area (Å²) in [6, 6.07) is 0. The first-order valence-electron chi connectivity index (χ1n) is 6.41. The molecule has 2 rings (SSSR count). The van der Waals surface area contributed by atoms with Crippen molar-refractivity contribution in [2.75, 3.05) is 0 Å². The Hall–Kier alpha value is -0.800. The summed E-state index contributed by atoms with van der Waals surface area (Å²) < 4.78 is 2.13. The monoisotopic (exact) mass is 299 g/mol. The van der Waals surface area contributed by atoms with Crippen molar-refractivity contribution in [2.45, 2.75) is 40.1 Å². The molecule has 2 aromatic heterocycles. The fraction of sp³-hybridized carbons (Fsp3) is 0.571. The highest BCUT2D eigenvalue weighted by atomic mass is 35.5. The Kier molecular flexibility index (Phi) is 4.07. The maximum absolute atomic E-state index is 6.27. The average Bonchev–Trinajstić information content (AvgIpc) is 2.68. The van der Waals surface area contributed by atoms with Crippen LogP contribution in [0.4, 0.5) is 0 Å². The van der Waals surface area contributed by atoms with Crippen LogP contribution in [0.1, 0.15) is 33.5 Å².